The molecule has 0 aliphatic carbocycles. The first kappa shape index (κ1) is 18.4. The number of fused-ring (bicyclic) bond motifs is 2. The standard InChI is InChI=1S/C19H12ClF3N2O3/c20-13-6-10-5-12(18(26)27)17(19(21,22)23)28-16(10)7-11(13)8-25-9-24-14-3-1-2-4-15(14)25/h1-7,9,17H,8H2,(H,26,27). The van der Waals surface area contributed by atoms with Crippen LogP contribution in [0.2, 0.25) is 5.02 Å². The Balaban J connectivity index is 1.75. The van der Waals surface area contributed by atoms with Crippen molar-refractivity contribution in [3.63, 3.8) is 0 Å². The monoisotopic (exact) mass is 408 g/mol. The maximum atomic E-state index is 13.2. The molecule has 144 valence electrons. The molecule has 1 unspecified atom stereocenters. The van der Waals surface area contributed by atoms with Gasteiger partial charge in [-0.3, -0.25) is 0 Å². The average Bonchev–Trinajstić information content (AvgIpc) is 3.03. The summed E-state index contributed by atoms with van der Waals surface area (Å²) in [6.45, 7) is 0.266. The molecule has 0 saturated heterocycles. The second kappa shape index (κ2) is 6.56. The Hall–Kier alpha value is -3.00. The number of hydrogen-bond acceptors (Lipinski definition) is 3. The van der Waals surface area contributed by atoms with E-state index < -0.39 is 23.8 Å². The molecule has 0 spiro atoms. The number of carboxylic acids is 1. The number of aliphatic carboxylic acids is 1. The number of para-hydroxylation sites is 2. The minimum Gasteiger partial charge on any atom is -0.478 e. The normalized spacial score (nSPS) is 16.4. The zero-order valence-electron chi connectivity index (χ0n) is 14.1. The zero-order valence-corrected chi connectivity index (χ0v) is 14.8. The highest BCUT2D eigenvalue weighted by Gasteiger charge is 2.48. The van der Waals surface area contributed by atoms with Crippen LogP contribution in [0.3, 0.4) is 0 Å². The van der Waals surface area contributed by atoms with Crippen molar-refractivity contribution in [1.82, 2.24) is 9.55 Å². The number of imidazole rings is 1. The Morgan fingerprint density at radius 3 is 2.75 bits per heavy atom. The van der Waals surface area contributed by atoms with E-state index in [1.165, 1.54) is 12.1 Å². The van der Waals surface area contributed by atoms with E-state index in [-0.39, 0.29) is 22.9 Å². The van der Waals surface area contributed by atoms with E-state index in [0.29, 0.717) is 5.56 Å². The molecular formula is C19H12ClF3N2O3. The third kappa shape index (κ3) is 3.20. The lowest BCUT2D eigenvalue weighted by Gasteiger charge is -2.27. The summed E-state index contributed by atoms with van der Waals surface area (Å²) in [5.74, 6) is -1.77. The fourth-order valence-electron chi connectivity index (χ4n) is 3.12. The molecule has 1 N–H and O–H groups in total. The van der Waals surface area contributed by atoms with Gasteiger partial charge in [-0.2, -0.15) is 13.2 Å². The average molecular weight is 409 g/mol. The lowest BCUT2D eigenvalue weighted by atomic mass is 10.00. The van der Waals surface area contributed by atoms with Gasteiger partial charge < -0.3 is 14.4 Å². The first-order valence-electron chi connectivity index (χ1n) is 8.14. The van der Waals surface area contributed by atoms with Gasteiger partial charge >= 0.3 is 12.1 Å². The molecule has 1 atom stereocenters. The Labute approximate surface area is 161 Å². The van der Waals surface area contributed by atoms with E-state index >= 15 is 0 Å². The van der Waals surface area contributed by atoms with Gasteiger partial charge in [0.25, 0.3) is 0 Å². The zero-order chi connectivity index (χ0) is 20.1. The van der Waals surface area contributed by atoms with Crippen molar-refractivity contribution in [2.24, 2.45) is 0 Å². The predicted molar refractivity (Wildman–Crippen MR) is 96.4 cm³/mol. The molecule has 0 bridgehead atoms. The van der Waals surface area contributed by atoms with Crippen molar-refractivity contribution in [2.75, 3.05) is 0 Å². The molecule has 4 rings (SSSR count). The number of carboxylic acid groups (broad SMARTS) is 1. The summed E-state index contributed by atoms with van der Waals surface area (Å²) in [7, 11) is 0. The second-order valence-corrected chi connectivity index (χ2v) is 6.69. The number of rotatable bonds is 3. The van der Waals surface area contributed by atoms with Crippen LogP contribution in [0.25, 0.3) is 17.1 Å². The number of nitrogens with zero attached hydrogens (tertiary/aromatic N) is 2. The second-order valence-electron chi connectivity index (χ2n) is 6.29. The van der Waals surface area contributed by atoms with Gasteiger partial charge in [0.1, 0.15) is 5.75 Å². The minimum absolute atomic E-state index is 0.0730. The van der Waals surface area contributed by atoms with Crippen molar-refractivity contribution >= 4 is 34.7 Å². The molecule has 1 aromatic heterocycles. The molecule has 0 fully saturated rings. The van der Waals surface area contributed by atoms with Crippen LogP contribution in [0.1, 0.15) is 11.1 Å². The van der Waals surface area contributed by atoms with Crippen molar-refractivity contribution < 1.29 is 27.8 Å². The minimum atomic E-state index is -4.86. The number of carbonyl (C=O) groups is 1. The lowest BCUT2D eigenvalue weighted by molar-refractivity contribution is -0.187. The van der Waals surface area contributed by atoms with Gasteiger partial charge in [0.05, 0.1) is 29.5 Å². The first-order chi connectivity index (χ1) is 13.2. The van der Waals surface area contributed by atoms with Crippen LogP contribution in [0.5, 0.6) is 5.75 Å². The summed E-state index contributed by atoms with van der Waals surface area (Å²) in [5.41, 5.74) is 1.45. The van der Waals surface area contributed by atoms with Crippen LogP contribution in [-0.2, 0) is 11.3 Å². The molecule has 3 aromatic rings. The number of ether oxygens (including phenoxy) is 1. The number of halogens is 4. The summed E-state index contributed by atoms with van der Waals surface area (Å²) >= 11 is 6.29. The highest BCUT2D eigenvalue weighted by molar-refractivity contribution is 6.31. The Morgan fingerprint density at radius 2 is 2.04 bits per heavy atom. The summed E-state index contributed by atoms with van der Waals surface area (Å²) in [6, 6.07) is 10.2. The molecule has 1 aliphatic rings. The third-order valence-electron chi connectivity index (χ3n) is 4.43. The Kier molecular flexibility index (Phi) is 4.30. The maximum absolute atomic E-state index is 13.2. The van der Waals surface area contributed by atoms with Crippen LogP contribution < -0.4 is 4.74 Å². The van der Waals surface area contributed by atoms with Crippen molar-refractivity contribution in [2.45, 2.75) is 18.8 Å². The summed E-state index contributed by atoms with van der Waals surface area (Å²) in [5, 5.41) is 9.39. The van der Waals surface area contributed by atoms with Gasteiger partial charge in [0.2, 0.25) is 6.10 Å². The van der Waals surface area contributed by atoms with Gasteiger partial charge in [0.15, 0.2) is 0 Å². The van der Waals surface area contributed by atoms with E-state index in [4.69, 9.17) is 21.4 Å². The maximum Gasteiger partial charge on any atom is 0.430 e. The smallest absolute Gasteiger partial charge is 0.430 e. The number of hydrogen-bond donors (Lipinski definition) is 1. The SMILES string of the molecule is O=C(O)C1=Cc2cc(Cl)c(Cn3cnc4ccccc43)cc2OC1C(F)(F)F. The van der Waals surface area contributed by atoms with Crippen LogP contribution in [-0.4, -0.2) is 32.9 Å². The highest BCUT2D eigenvalue weighted by atomic mass is 35.5. The van der Waals surface area contributed by atoms with E-state index in [9.17, 15) is 18.0 Å². The quantitative estimate of drug-likeness (QED) is 0.691. The summed E-state index contributed by atoms with van der Waals surface area (Å²) in [4.78, 5) is 15.5. The number of benzene rings is 2. The number of alkyl halides is 3. The molecule has 1 aliphatic heterocycles. The van der Waals surface area contributed by atoms with Crippen LogP contribution >= 0.6 is 11.6 Å². The van der Waals surface area contributed by atoms with Crippen molar-refractivity contribution in [3.8, 4) is 5.75 Å². The molecule has 2 aromatic carbocycles. The fraction of sp³-hybridized carbons (Fsp3) is 0.158. The van der Waals surface area contributed by atoms with Gasteiger partial charge in [-0.1, -0.05) is 23.7 Å². The largest absolute Gasteiger partial charge is 0.478 e. The van der Waals surface area contributed by atoms with Crippen molar-refractivity contribution in [1.29, 1.82) is 0 Å². The van der Waals surface area contributed by atoms with Crippen LogP contribution in [0, 0.1) is 0 Å². The van der Waals surface area contributed by atoms with E-state index in [1.54, 1.807) is 6.33 Å². The molecule has 0 radical (unpaired) electrons. The topological polar surface area (TPSA) is 64.3 Å². The third-order valence-corrected chi connectivity index (χ3v) is 4.78. The summed E-state index contributed by atoms with van der Waals surface area (Å²) < 4.78 is 46.5. The first-order valence-corrected chi connectivity index (χ1v) is 8.52. The van der Waals surface area contributed by atoms with Crippen molar-refractivity contribution in [3.05, 3.63) is 64.4 Å². The van der Waals surface area contributed by atoms with E-state index in [0.717, 1.165) is 17.1 Å². The molecular weight excluding hydrogens is 397 g/mol. The predicted octanol–water partition coefficient (Wildman–Crippen LogP) is 4.53. The van der Waals surface area contributed by atoms with Crippen LogP contribution in [0.4, 0.5) is 13.2 Å². The molecule has 5 nitrogen and oxygen atoms in total. The summed E-state index contributed by atoms with van der Waals surface area (Å²) in [6.07, 6.45) is -4.84. The lowest BCUT2D eigenvalue weighted by Crippen LogP contribution is -2.40. The molecule has 0 amide bonds. The van der Waals surface area contributed by atoms with E-state index in [1.807, 2.05) is 28.8 Å². The Bertz CT molecular complexity index is 1120. The Morgan fingerprint density at radius 1 is 1.29 bits per heavy atom. The molecule has 28 heavy (non-hydrogen) atoms. The van der Waals surface area contributed by atoms with Gasteiger partial charge in [-0.25, -0.2) is 9.78 Å². The highest BCUT2D eigenvalue weighted by Crippen LogP contribution is 2.39. The van der Waals surface area contributed by atoms with Crippen LogP contribution in [0.15, 0.2) is 48.3 Å². The molecule has 2 heterocycles. The van der Waals surface area contributed by atoms with E-state index in [2.05, 4.69) is 4.98 Å². The van der Waals surface area contributed by atoms with Gasteiger partial charge in [-0.15, -0.1) is 0 Å². The number of aromatic nitrogens is 2. The molecule has 0 saturated carbocycles. The molecule has 9 heteroatoms. The van der Waals surface area contributed by atoms with Gasteiger partial charge in [-0.05, 0) is 35.9 Å². The van der Waals surface area contributed by atoms with Gasteiger partial charge in [0, 0.05) is 10.6 Å². The fourth-order valence-corrected chi connectivity index (χ4v) is 3.35.